The first-order chi connectivity index (χ1) is 6.61. The van der Waals surface area contributed by atoms with E-state index < -0.39 is 18.4 Å². The molecule has 0 fully saturated rings. The minimum Gasteiger partial charge on any atom is -0.430 e. The summed E-state index contributed by atoms with van der Waals surface area (Å²) < 4.78 is 9.95. The van der Waals surface area contributed by atoms with Crippen LogP contribution in [-0.4, -0.2) is 30.1 Å². The second-order valence-corrected chi connectivity index (χ2v) is 2.97. The van der Waals surface area contributed by atoms with Gasteiger partial charge in [-0.05, 0) is 13.3 Å². The average molecular weight is 202 g/mol. The number of rotatable bonds is 7. The molecule has 0 aromatic carbocycles. The molecule has 0 aromatic heterocycles. The molecule has 0 rings (SSSR count). The molecule has 0 aliphatic heterocycles. The molecule has 0 radical (unpaired) electrons. The molecule has 0 saturated heterocycles. The maximum absolute atomic E-state index is 10.8. The lowest BCUT2D eigenvalue weighted by molar-refractivity contribution is -0.196. The van der Waals surface area contributed by atoms with Gasteiger partial charge in [-0.2, -0.15) is 0 Å². The van der Waals surface area contributed by atoms with Crippen molar-refractivity contribution >= 4 is 5.97 Å². The lowest BCUT2D eigenvalue weighted by Gasteiger charge is -2.19. The van der Waals surface area contributed by atoms with Gasteiger partial charge in [0.1, 0.15) is 6.10 Å². The molecule has 1 N–H and O–H groups in total. The summed E-state index contributed by atoms with van der Waals surface area (Å²) in [6, 6.07) is 0. The molecule has 0 aliphatic rings. The van der Waals surface area contributed by atoms with E-state index in [0.717, 1.165) is 18.9 Å². The number of unbranched alkanes of at least 4 members (excludes halogenated alkanes) is 1. The standard InChI is InChI=1S/C10H18O4/c1-4-6-7-13-10(8(3)11)14-9(12)5-2/h5,8,10-11H,2,4,6-7H2,1,3H3. The van der Waals surface area contributed by atoms with Crippen LogP contribution >= 0.6 is 0 Å². The molecule has 0 aliphatic carbocycles. The van der Waals surface area contributed by atoms with E-state index in [1.54, 1.807) is 0 Å². The van der Waals surface area contributed by atoms with E-state index in [0.29, 0.717) is 6.61 Å². The molecule has 2 unspecified atom stereocenters. The van der Waals surface area contributed by atoms with E-state index in [9.17, 15) is 9.90 Å². The fourth-order valence-electron chi connectivity index (χ4n) is 0.778. The molecule has 0 heterocycles. The van der Waals surface area contributed by atoms with E-state index >= 15 is 0 Å². The molecule has 82 valence electrons. The Bertz CT molecular complexity index is 177. The number of ether oxygens (including phenoxy) is 2. The summed E-state index contributed by atoms with van der Waals surface area (Å²) in [5, 5.41) is 9.22. The van der Waals surface area contributed by atoms with Gasteiger partial charge in [-0.3, -0.25) is 0 Å². The fourth-order valence-corrected chi connectivity index (χ4v) is 0.778. The summed E-state index contributed by atoms with van der Waals surface area (Å²) in [6.07, 6.45) is 1.16. The van der Waals surface area contributed by atoms with Crippen molar-refractivity contribution in [1.82, 2.24) is 0 Å². The molecule has 0 amide bonds. The Morgan fingerprint density at radius 1 is 1.64 bits per heavy atom. The van der Waals surface area contributed by atoms with Gasteiger partial charge < -0.3 is 14.6 Å². The quantitative estimate of drug-likeness (QED) is 0.292. The Kier molecular flexibility index (Phi) is 7.06. The number of esters is 1. The van der Waals surface area contributed by atoms with E-state index in [1.165, 1.54) is 6.92 Å². The maximum Gasteiger partial charge on any atom is 0.332 e. The highest BCUT2D eigenvalue weighted by Crippen LogP contribution is 2.04. The largest absolute Gasteiger partial charge is 0.430 e. The van der Waals surface area contributed by atoms with Crippen molar-refractivity contribution in [2.75, 3.05) is 6.61 Å². The third kappa shape index (κ3) is 5.72. The number of hydrogen-bond donors (Lipinski definition) is 1. The van der Waals surface area contributed by atoms with Crippen LogP contribution in [0.2, 0.25) is 0 Å². The maximum atomic E-state index is 10.8. The van der Waals surface area contributed by atoms with E-state index in [2.05, 4.69) is 6.58 Å². The van der Waals surface area contributed by atoms with Gasteiger partial charge in [-0.1, -0.05) is 19.9 Å². The van der Waals surface area contributed by atoms with Gasteiger partial charge in [-0.15, -0.1) is 0 Å². The van der Waals surface area contributed by atoms with E-state index in [-0.39, 0.29) is 0 Å². The highest BCUT2D eigenvalue weighted by Gasteiger charge is 2.18. The highest BCUT2D eigenvalue weighted by atomic mass is 16.7. The Morgan fingerprint density at radius 3 is 2.71 bits per heavy atom. The molecule has 14 heavy (non-hydrogen) atoms. The van der Waals surface area contributed by atoms with Crippen LogP contribution in [0.1, 0.15) is 26.7 Å². The molecular formula is C10H18O4. The second-order valence-electron chi connectivity index (χ2n) is 2.97. The van der Waals surface area contributed by atoms with Crippen molar-refractivity contribution in [2.45, 2.75) is 39.1 Å². The summed E-state index contributed by atoms with van der Waals surface area (Å²) in [7, 11) is 0. The summed E-state index contributed by atoms with van der Waals surface area (Å²) >= 11 is 0. The van der Waals surface area contributed by atoms with Crippen LogP contribution < -0.4 is 0 Å². The Labute approximate surface area is 84.5 Å². The summed E-state index contributed by atoms with van der Waals surface area (Å²) in [5.41, 5.74) is 0. The zero-order chi connectivity index (χ0) is 11.0. The molecule has 0 saturated carbocycles. The van der Waals surface area contributed by atoms with Crippen LogP contribution in [0.15, 0.2) is 12.7 Å². The zero-order valence-electron chi connectivity index (χ0n) is 8.73. The summed E-state index contributed by atoms with van der Waals surface area (Å²) in [6.45, 7) is 7.26. The predicted octanol–water partition coefficient (Wildman–Crippen LogP) is 1.24. The van der Waals surface area contributed by atoms with Crippen molar-refractivity contribution in [1.29, 1.82) is 0 Å². The molecule has 2 atom stereocenters. The first-order valence-corrected chi connectivity index (χ1v) is 4.74. The number of hydrogen-bond acceptors (Lipinski definition) is 4. The lowest BCUT2D eigenvalue weighted by atomic mass is 10.3. The van der Waals surface area contributed by atoms with Gasteiger partial charge in [0.15, 0.2) is 0 Å². The van der Waals surface area contributed by atoms with Crippen molar-refractivity contribution in [3.63, 3.8) is 0 Å². The third-order valence-corrected chi connectivity index (χ3v) is 1.57. The number of carbonyl (C=O) groups is 1. The van der Waals surface area contributed by atoms with Crippen LogP contribution in [0.3, 0.4) is 0 Å². The van der Waals surface area contributed by atoms with Gasteiger partial charge in [-0.25, -0.2) is 4.79 Å². The smallest absolute Gasteiger partial charge is 0.332 e. The third-order valence-electron chi connectivity index (χ3n) is 1.57. The van der Waals surface area contributed by atoms with Gasteiger partial charge in [0.2, 0.25) is 6.29 Å². The Morgan fingerprint density at radius 2 is 2.29 bits per heavy atom. The van der Waals surface area contributed by atoms with Crippen LogP contribution in [0.4, 0.5) is 0 Å². The van der Waals surface area contributed by atoms with Gasteiger partial charge >= 0.3 is 5.97 Å². The monoisotopic (exact) mass is 202 g/mol. The first kappa shape index (κ1) is 13.1. The normalized spacial score (nSPS) is 14.5. The van der Waals surface area contributed by atoms with Crippen molar-refractivity contribution in [3.8, 4) is 0 Å². The van der Waals surface area contributed by atoms with Gasteiger partial charge in [0.05, 0.1) is 6.61 Å². The minimum absolute atomic E-state index is 0.469. The molecule has 0 spiro atoms. The zero-order valence-corrected chi connectivity index (χ0v) is 8.73. The Balaban J connectivity index is 3.89. The first-order valence-electron chi connectivity index (χ1n) is 4.74. The van der Waals surface area contributed by atoms with Crippen LogP contribution in [-0.2, 0) is 14.3 Å². The molecule has 4 nitrogen and oxygen atoms in total. The number of aliphatic hydroxyl groups excluding tert-OH is 1. The highest BCUT2D eigenvalue weighted by molar-refractivity contribution is 5.81. The second kappa shape index (κ2) is 7.53. The lowest BCUT2D eigenvalue weighted by Crippen LogP contribution is -2.31. The van der Waals surface area contributed by atoms with Crippen molar-refractivity contribution in [3.05, 3.63) is 12.7 Å². The fraction of sp³-hybridized carbons (Fsp3) is 0.700. The Hall–Kier alpha value is -0.870. The summed E-state index contributed by atoms with van der Waals surface area (Å²) in [4.78, 5) is 10.8. The molecule has 4 heteroatoms. The predicted molar refractivity (Wildman–Crippen MR) is 52.6 cm³/mol. The van der Waals surface area contributed by atoms with Crippen LogP contribution in [0, 0.1) is 0 Å². The van der Waals surface area contributed by atoms with Gasteiger partial charge in [0, 0.05) is 6.08 Å². The topological polar surface area (TPSA) is 55.8 Å². The number of aliphatic hydroxyl groups is 1. The van der Waals surface area contributed by atoms with E-state index in [1.807, 2.05) is 6.92 Å². The molecule has 0 aromatic rings. The van der Waals surface area contributed by atoms with E-state index in [4.69, 9.17) is 9.47 Å². The van der Waals surface area contributed by atoms with Gasteiger partial charge in [0.25, 0.3) is 0 Å². The molecule has 0 bridgehead atoms. The van der Waals surface area contributed by atoms with Crippen molar-refractivity contribution < 1.29 is 19.4 Å². The molecular weight excluding hydrogens is 184 g/mol. The van der Waals surface area contributed by atoms with Crippen LogP contribution in [0.5, 0.6) is 0 Å². The summed E-state index contributed by atoms with van der Waals surface area (Å²) in [5.74, 6) is -0.590. The number of carbonyl (C=O) groups excluding carboxylic acids is 1. The van der Waals surface area contributed by atoms with Crippen molar-refractivity contribution in [2.24, 2.45) is 0 Å². The average Bonchev–Trinajstić information content (AvgIpc) is 2.16. The minimum atomic E-state index is -0.896. The van der Waals surface area contributed by atoms with Crippen LogP contribution in [0.25, 0.3) is 0 Å². The SMILES string of the molecule is C=CC(=O)OC(OCCCC)C(C)O.